The van der Waals surface area contributed by atoms with Gasteiger partial charge in [0.25, 0.3) is 0 Å². The molecule has 0 aromatic carbocycles. The van der Waals surface area contributed by atoms with Crippen LogP contribution in [-0.4, -0.2) is 46.3 Å². The van der Waals surface area contributed by atoms with Gasteiger partial charge in [0, 0.05) is 20.0 Å². The average Bonchev–Trinajstić information content (AvgIpc) is 2.36. The van der Waals surface area contributed by atoms with Crippen molar-refractivity contribution >= 4 is 0 Å². The van der Waals surface area contributed by atoms with Crippen molar-refractivity contribution in [3.8, 4) is 0 Å². The quantitative estimate of drug-likeness (QED) is 0.738. The summed E-state index contributed by atoms with van der Waals surface area (Å²) in [4.78, 5) is 0. The van der Waals surface area contributed by atoms with Gasteiger partial charge in [0.2, 0.25) is 0 Å². The Morgan fingerprint density at radius 2 is 1.62 bits per heavy atom. The van der Waals surface area contributed by atoms with Crippen LogP contribution in [0.4, 0.5) is 0 Å². The van der Waals surface area contributed by atoms with Crippen molar-refractivity contribution in [1.82, 2.24) is 0 Å². The highest BCUT2D eigenvalue weighted by Gasteiger charge is 2.65. The minimum Gasteiger partial charge on any atom is -0.387 e. The van der Waals surface area contributed by atoms with Crippen molar-refractivity contribution in [3.63, 3.8) is 0 Å². The Kier molecular flexibility index (Phi) is 2.63. The molecule has 0 aromatic rings. The summed E-state index contributed by atoms with van der Waals surface area (Å²) >= 11 is 0. The molecule has 0 saturated carbocycles. The highest BCUT2D eigenvalue weighted by Crippen LogP contribution is 2.53. The summed E-state index contributed by atoms with van der Waals surface area (Å²) in [5.74, 6) is 0. The summed E-state index contributed by atoms with van der Waals surface area (Å²) in [7, 11) is 1.69. The molecule has 2 bridgehead atoms. The molecule has 0 radical (unpaired) electrons. The predicted octanol–water partition coefficient (Wildman–Crippen LogP) is 0.845. The van der Waals surface area contributed by atoms with Crippen LogP contribution in [0, 0.1) is 0 Å². The maximum Gasteiger partial charge on any atom is 0.111 e. The predicted molar refractivity (Wildman–Crippen MR) is 59.2 cm³/mol. The number of methoxy groups -OCH3 is 1. The second kappa shape index (κ2) is 3.42. The average molecular weight is 230 g/mol. The van der Waals surface area contributed by atoms with Crippen molar-refractivity contribution < 1.29 is 19.7 Å². The molecule has 94 valence electrons. The molecular weight excluding hydrogens is 208 g/mol. The van der Waals surface area contributed by atoms with Crippen molar-refractivity contribution in [2.75, 3.05) is 7.11 Å². The first kappa shape index (κ1) is 12.3. The van der Waals surface area contributed by atoms with Gasteiger partial charge in [-0.15, -0.1) is 0 Å². The molecule has 0 unspecified atom stereocenters. The third kappa shape index (κ3) is 1.44. The lowest BCUT2D eigenvalue weighted by Crippen LogP contribution is -2.53. The number of fused-ring (bicyclic) bond motifs is 2. The second-order valence-electron chi connectivity index (χ2n) is 5.71. The summed E-state index contributed by atoms with van der Waals surface area (Å²) in [6.45, 7) is 5.78. The molecule has 0 aromatic heterocycles. The molecule has 2 N–H and O–H groups in total. The molecule has 2 fully saturated rings. The van der Waals surface area contributed by atoms with Gasteiger partial charge in [-0.25, -0.2) is 0 Å². The monoisotopic (exact) mass is 230 g/mol. The van der Waals surface area contributed by atoms with Crippen molar-refractivity contribution in [1.29, 1.82) is 0 Å². The Morgan fingerprint density at radius 3 is 1.94 bits per heavy atom. The van der Waals surface area contributed by atoms with Crippen LogP contribution >= 0.6 is 0 Å². The Morgan fingerprint density at radius 1 is 1.19 bits per heavy atom. The molecule has 16 heavy (non-hydrogen) atoms. The van der Waals surface area contributed by atoms with Crippen LogP contribution in [0.5, 0.6) is 0 Å². The molecule has 2 aliphatic heterocycles. The van der Waals surface area contributed by atoms with Crippen LogP contribution in [0.25, 0.3) is 0 Å². The summed E-state index contributed by atoms with van der Waals surface area (Å²) < 4.78 is 11.5. The zero-order valence-corrected chi connectivity index (χ0v) is 10.5. The lowest BCUT2D eigenvalue weighted by atomic mass is 9.79. The van der Waals surface area contributed by atoms with Gasteiger partial charge in [-0.05, 0) is 20.3 Å². The van der Waals surface area contributed by atoms with E-state index in [1.807, 2.05) is 13.8 Å². The van der Waals surface area contributed by atoms with Crippen molar-refractivity contribution in [2.24, 2.45) is 0 Å². The first-order valence-electron chi connectivity index (χ1n) is 5.92. The van der Waals surface area contributed by atoms with E-state index in [4.69, 9.17) is 9.47 Å². The van der Waals surface area contributed by atoms with E-state index in [2.05, 4.69) is 6.92 Å². The Bertz CT molecular complexity index is 265. The molecule has 0 spiro atoms. The van der Waals surface area contributed by atoms with E-state index in [1.165, 1.54) is 0 Å². The number of rotatable bonds is 2. The molecule has 2 saturated heterocycles. The van der Waals surface area contributed by atoms with Crippen LogP contribution in [0.15, 0.2) is 0 Å². The maximum atomic E-state index is 10.1. The normalized spacial score (nSPS) is 56.6. The standard InChI is InChI=1S/C12H22O4/c1-5-12(15-4)6-10(2)8(13)9(14)11(3,7-12)16-10/h8-9,13-14H,5-7H2,1-4H3/t8-,9+,10+,11-,12+. The number of aliphatic hydroxyl groups is 2. The maximum absolute atomic E-state index is 10.1. The summed E-state index contributed by atoms with van der Waals surface area (Å²) in [5.41, 5.74) is -1.68. The summed E-state index contributed by atoms with van der Waals surface area (Å²) in [6.07, 6.45) is 0.446. The van der Waals surface area contributed by atoms with Crippen LogP contribution < -0.4 is 0 Å². The van der Waals surface area contributed by atoms with Crippen LogP contribution in [0.3, 0.4) is 0 Å². The van der Waals surface area contributed by atoms with Gasteiger partial charge in [0.15, 0.2) is 0 Å². The molecule has 0 aliphatic carbocycles. The van der Waals surface area contributed by atoms with E-state index in [9.17, 15) is 10.2 Å². The van der Waals surface area contributed by atoms with Crippen LogP contribution in [0.1, 0.15) is 40.0 Å². The topological polar surface area (TPSA) is 58.9 Å². The van der Waals surface area contributed by atoms with E-state index in [0.29, 0.717) is 12.8 Å². The summed E-state index contributed by atoms with van der Waals surface area (Å²) in [5, 5.41) is 20.2. The highest BCUT2D eigenvalue weighted by molar-refractivity contribution is 5.15. The van der Waals surface area contributed by atoms with Crippen LogP contribution in [-0.2, 0) is 9.47 Å². The van der Waals surface area contributed by atoms with Gasteiger partial charge >= 0.3 is 0 Å². The molecule has 2 rings (SSSR count). The smallest absolute Gasteiger partial charge is 0.111 e. The summed E-state index contributed by atoms with van der Waals surface area (Å²) in [6, 6.07) is 0. The van der Waals surface area contributed by atoms with E-state index in [1.54, 1.807) is 7.11 Å². The lowest BCUT2D eigenvalue weighted by Gasteiger charge is -2.47. The number of ether oxygens (including phenoxy) is 2. The molecule has 0 amide bonds. The number of hydrogen-bond acceptors (Lipinski definition) is 4. The zero-order valence-electron chi connectivity index (χ0n) is 10.5. The SMILES string of the molecule is CC[C@@]1(OC)C[C@@]2(C)O[C@@](C)(C1)[C@H](O)[C@@H]2O. The van der Waals surface area contributed by atoms with Gasteiger partial charge in [-0.2, -0.15) is 0 Å². The van der Waals surface area contributed by atoms with Crippen molar-refractivity contribution in [3.05, 3.63) is 0 Å². The van der Waals surface area contributed by atoms with E-state index < -0.39 is 23.4 Å². The molecule has 4 heteroatoms. The lowest BCUT2D eigenvalue weighted by molar-refractivity contribution is -0.220. The Hall–Kier alpha value is -0.160. The fourth-order valence-electron chi connectivity index (χ4n) is 3.48. The second-order valence-corrected chi connectivity index (χ2v) is 5.71. The van der Waals surface area contributed by atoms with Crippen molar-refractivity contribution in [2.45, 2.75) is 69.0 Å². The van der Waals surface area contributed by atoms with E-state index in [-0.39, 0.29) is 5.60 Å². The Labute approximate surface area is 96.6 Å². The van der Waals surface area contributed by atoms with E-state index in [0.717, 1.165) is 6.42 Å². The molecular formula is C12H22O4. The van der Waals surface area contributed by atoms with Gasteiger partial charge in [-0.1, -0.05) is 6.92 Å². The number of hydrogen-bond donors (Lipinski definition) is 2. The Balaban J connectivity index is 2.38. The van der Waals surface area contributed by atoms with E-state index >= 15 is 0 Å². The molecule has 2 heterocycles. The van der Waals surface area contributed by atoms with Gasteiger partial charge in [-0.3, -0.25) is 0 Å². The third-order valence-corrected chi connectivity index (χ3v) is 4.44. The van der Waals surface area contributed by atoms with Gasteiger partial charge in [0.05, 0.1) is 16.8 Å². The highest BCUT2D eigenvalue weighted by atomic mass is 16.6. The van der Waals surface area contributed by atoms with Crippen LogP contribution in [0.2, 0.25) is 0 Å². The third-order valence-electron chi connectivity index (χ3n) is 4.44. The molecule has 4 nitrogen and oxygen atoms in total. The fraction of sp³-hybridized carbons (Fsp3) is 1.00. The fourth-order valence-corrected chi connectivity index (χ4v) is 3.48. The van der Waals surface area contributed by atoms with Gasteiger partial charge in [0.1, 0.15) is 12.2 Å². The minimum absolute atomic E-state index is 0.291. The molecule has 5 atom stereocenters. The molecule has 2 aliphatic rings. The van der Waals surface area contributed by atoms with Gasteiger partial charge < -0.3 is 19.7 Å². The largest absolute Gasteiger partial charge is 0.387 e. The zero-order chi connectivity index (χ0) is 12.2. The first-order chi connectivity index (χ1) is 7.31. The first-order valence-corrected chi connectivity index (χ1v) is 5.92. The minimum atomic E-state index is -0.832. The number of aliphatic hydroxyl groups excluding tert-OH is 2.